The molecule has 3 amide bonds. The van der Waals surface area contributed by atoms with Crippen molar-refractivity contribution in [3.63, 3.8) is 0 Å². The minimum Gasteiger partial charge on any atom is -0.341 e. The predicted octanol–water partition coefficient (Wildman–Crippen LogP) is 2.92. The van der Waals surface area contributed by atoms with E-state index in [1.54, 1.807) is 12.1 Å². The quantitative estimate of drug-likeness (QED) is 0.906. The lowest BCUT2D eigenvalue weighted by Crippen LogP contribution is -2.45. The number of halogens is 1. The van der Waals surface area contributed by atoms with E-state index in [4.69, 9.17) is 11.6 Å². The third-order valence-corrected chi connectivity index (χ3v) is 4.64. The molecule has 1 aliphatic rings. The van der Waals surface area contributed by atoms with Crippen molar-refractivity contribution in [2.75, 3.05) is 26.2 Å². The van der Waals surface area contributed by atoms with Crippen LogP contribution in [0.2, 0.25) is 5.02 Å². The first-order chi connectivity index (χ1) is 11.5. The van der Waals surface area contributed by atoms with Gasteiger partial charge in [0.25, 0.3) is 0 Å². The van der Waals surface area contributed by atoms with Crippen LogP contribution in [0, 0.1) is 0 Å². The number of rotatable bonds is 4. The van der Waals surface area contributed by atoms with E-state index < -0.39 is 0 Å². The molecule has 0 aromatic heterocycles. The molecule has 1 aromatic rings. The molecule has 1 aromatic carbocycles. The van der Waals surface area contributed by atoms with Gasteiger partial charge in [0.15, 0.2) is 0 Å². The Labute approximate surface area is 149 Å². The Morgan fingerprint density at radius 2 is 1.75 bits per heavy atom. The van der Waals surface area contributed by atoms with Crippen LogP contribution in [0.25, 0.3) is 0 Å². The molecule has 0 aliphatic carbocycles. The number of carbonyl (C=O) groups excluding carboxylic acids is 2. The van der Waals surface area contributed by atoms with Gasteiger partial charge in [-0.1, -0.05) is 30.7 Å². The summed E-state index contributed by atoms with van der Waals surface area (Å²) in [6.45, 7) is 6.59. The maximum atomic E-state index is 12.5. The highest BCUT2D eigenvalue weighted by Crippen LogP contribution is 2.12. The maximum Gasteiger partial charge on any atom is 0.317 e. The van der Waals surface area contributed by atoms with Crippen molar-refractivity contribution in [2.24, 2.45) is 0 Å². The number of urea groups is 1. The molecule has 1 N–H and O–H groups in total. The van der Waals surface area contributed by atoms with E-state index in [-0.39, 0.29) is 18.0 Å². The van der Waals surface area contributed by atoms with Crippen molar-refractivity contribution in [1.29, 1.82) is 0 Å². The van der Waals surface area contributed by atoms with Gasteiger partial charge >= 0.3 is 6.03 Å². The zero-order valence-electron chi connectivity index (χ0n) is 14.4. The highest BCUT2D eigenvalue weighted by molar-refractivity contribution is 6.30. The van der Waals surface area contributed by atoms with Crippen molar-refractivity contribution in [2.45, 2.75) is 39.2 Å². The summed E-state index contributed by atoms with van der Waals surface area (Å²) in [4.78, 5) is 28.4. The van der Waals surface area contributed by atoms with Gasteiger partial charge in [-0.25, -0.2) is 4.79 Å². The van der Waals surface area contributed by atoms with E-state index >= 15 is 0 Å². The summed E-state index contributed by atoms with van der Waals surface area (Å²) in [7, 11) is 0. The highest BCUT2D eigenvalue weighted by Gasteiger charge is 2.22. The van der Waals surface area contributed by atoms with E-state index in [9.17, 15) is 9.59 Å². The lowest BCUT2D eigenvalue weighted by Gasteiger charge is -2.24. The lowest BCUT2D eigenvalue weighted by molar-refractivity contribution is -0.130. The van der Waals surface area contributed by atoms with Gasteiger partial charge in [-0.2, -0.15) is 0 Å². The lowest BCUT2D eigenvalue weighted by atomic mass is 10.1. The predicted molar refractivity (Wildman–Crippen MR) is 96.2 cm³/mol. The SMILES string of the molecule is CCC(C)NC(=O)N1CCCN(C(=O)Cc2ccc(Cl)cc2)CC1. The van der Waals surface area contributed by atoms with Gasteiger partial charge in [-0.3, -0.25) is 4.79 Å². The van der Waals surface area contributed by atoms with Gasteiger partial charge in [0, 0.05) is 37.2 Å². The number of hydrogen-bond acceptors (Lipinski definition) is 2. The fraction of sp³-hybridized carbons (Fsp3) is 0.556. The molecule has 2 rings (SSSR count). The topological polar surface area (TPSA) is 52.7 Å². The molecule has 1 atom stereocenters. The van der Waals surface area contributed by atoms with Crippen LogP contribution in [-0.4, -0.2) is 54.0 Å². The van der Waals surface area contributed by atoms with E-state index in [2.05, 4.69) is 5.32 Å². The van der Waals surface area contributed by atoms with E-state index in [1.165, 1.54) is 0 Å². The van der Waals surface area contributed by atoms with Gasteiger partial charge in [0.2, 0.25) is 5.91 Å². The van der Waals surface area contributed by atoms with Crippen LogP contribution in [-0.2, 0) is 11.2 Å². The number of nitrogens with zero attached hydrogens (tertiary/aromatic N) is 2. The fourth-order valence-corrected chi connectivity index (χ4v) is 2.79. The second-order valence-corrected chi connectivity index (χ2v) is 6.72. The number of amides is 3. The molecule has 5 nitrogen and oxygen atoms in total. The average Bonchev–Trinajstić information content (AvgIpc) is 2.83. The molecule has 0 spiro atoms. The monoisotopic (exact) mass is 351 g/mol. The largest absolute Gasteiger partial charge is 0.341 e. The van der Waals surface area contributed by atoms with Gasteiger partial charge in [-0.15, -0.1) is 0 Å². The number of carbonyl (C=O) groups is 2. The van der Waals surface area contributed by atoms with Crippen LogP contribution in [0.15, 0.2) is 24.3 Å². The van der Waals surface area contributed by atoms with Gasteiger partial charge in [-0.05, 0) is 37.5 Å². The molecule has 1 saturated heterocycles. The fourth-order valence-electron chi connectivity index (χ4n) is 2.66. The molecular weight excluding hydrogens is 326 g/mol. The first-order valence-corrected chi connectivity index (χ1v) is 8.95. The Balaban J connectivity index is 1.86. The first-order valence-electron chi connectivity index (χ1n) is 8.57. The Kier molecular flexibility index (Phi) is 6.91. The first kappa shape index (κ1) is 18.6. The standard InChI is InChI=1S/C18H26ClN3O2/c1-3-14(2)20-18(24)22-10-4-9-21(11-12-22)17(23)13-15-5-7-16(19)8-6-15/h5-8,14H,3-4,9-13H2,1-2H3,(H,20,24). The van der Waals surface area contributed by atoms with E-state index in [0.717, 1.165) is 18.4 Å². The molecule has 1 unspecified atom stereocenters. The van der Waals surface area contributed by atoms with Crippen LogP contribution < -0.4 is 5.32 Å². The Hall–Kier alpha value is -1.75. The van der Waals surface area contributed by atoms with Crippen LogP contribution in [0.4, 0.5) is 4.79 Å². The Morgan fingerprint density at radius 1 is 1.12 bits per heavy atom. The highest BCUT2D eigenvalue weighted by atomic mass is 35.5. The summed E-state index contributed by atoms with van der Waals surface area (Å²) in [6.07, 6.45) is 2.09. The third kappa shape index (κ3) is 5.41. The number of nitrogens with one attached hydrogen (secondary N) is 1. The van der Waals surface area contributed by atoms with Gasteiger partial charge in [0.1, 0.15) is 0 Å². The van der Waals surface area contributed by atoms with Crippen molar-refractivity contribution in [1.82, 2.24) is 15.1 Å². The summed E-state index contributed by atoms with van der Waals surface area (Å²) < 4.78 is 0. The zero-order valence-corrected chi connectivity index (χ0v) is 15.2. The second kappa shape index (κ2) is 8.92. The van der Waals surface area contributed by atoms with Crippen LogP contribution in [0.1, 0.15) is 32.3 Å². The smallest absolute Gasteiger partial charge is 0.317 e. The van der Waals surface area contributed by atoms with Gasteiger partial charge < -0.3 is 15.1 Å². The molecule has 24 heavy (non-hydrogen) atoms. The molecule has 0 radical (unpaired) electrons. The van der Waals surface area contributed by atoms with Gasteiger partial charge in [0.05, 0.1) is 6.42 Å². The molecule has 1 fully saturated rings. The van der Waals surface area contributed by atoms with Crippen LogP contribution in [0.5, 0.6) is 0 Å². The third-order valence-electron chi connectivity index (χ3n) is 4.39. The second-order valence-electron chi connectivity index (χ2n) is 6.28. The average molecular weight is 352 g/mol. The van der Waals surface area contributed by atoms with Crippen molar-refractivity contribution >= 4 is 23.5 Å². The Morgan fingerprint density at radius 3 is 2.42 bits per heavy atom. The number of hydrogen-bond donors (Lipinski definition) is 1. The number of benzene rings is 1. The normalized spacial score (nSPS) is 16.5. The minimum absolute atomic E-state index is 0.0312. The van der Waals surface area contributed by atoms with Crippen LogP contribution >= 0.6 is 11.6 Å². The summed E-state index contributed by atoms with van der Waals surface area (Å²) in [5.41, 5.74) is 0.958. The molecular formula is C18H26ClN3O2. The minimum atomic E-state index is -0.0312. The van der Waals surface area contributed by atoms with Crippen LogP contribution in [0.3, 0.4) is 0 Å². The Bertz CT molecular complexity index is 562. The van der Waals surface area contributed by atoms with E-state index in [1.807, 2.05) is 35.8 Å². The van der Waals surface area contributed by atoms with E-state index in [0.29, 0.717) is 37.6 Å². The molecule has 132 valence electrons. The molecule has 0 bridgehead atoms. The van der Waals surface area contributed by atoms with Crippen molar-refractivity contribution < 1.29 is 9.59 Å². The molecule has 1 aliphatic heterocycles. The summed E-state index contributed by atoms with van der Waals surface area (Å²) in [6, 6.07) is 7.49. The van der Waals surface area contributed by atoms with Crippen molar-refractivity contribution in [3.8, 4) is 0 Å². The molecule has 6 heteroatoms. The molecule has 1 heterocycles. The molecule has 0 saturated carbocycles. The van der Waals surface area contributed by atoms with Crippen molar-refractivity contribution in [3.05, 3.63) is 34.9 Å². The summed E-state index contributed by atoms with van der Waals surface area (Å²) in [5.74, 6) is 0.0986. The zero-order chi connectivity index (χ0) is 17.5. The summed E-state index contributed by atoms with van der Waals surface area (Å²) in [5, 5.41) is 3.66. The summed E-state index contributed by atoms with van der Waals surface area (Å²) >= 11 is 5.87. The maximum absolute atomic E-state index is 12.5.